The molecule has 6 nitrogen and oxygen atoms in total. The minimum Gasteiger partial charge on any atom is -0.484 e. The van der Waals surface area contributed by atoms with Gasteiger partial charge in [-0.05, 0) is 73.5 Å². The van der Waals surface area contributed by atoms with Crippen LogP contribution >= 0.6 is 27.5 Å². The maximum atomic E-state index is 12.6. The van der Waals surface area contributed by atoms with E-state index in [1.807, 2.05) is 38.1 Å². The van der Waals surface area contributed by atoms with E-state index in [0.29, 0.717) is 16.5 Å². The smallest absolute Gasteiger partial charge is 0.261 e. The molecule has 2 N–H and O–H groups in total. The number of carbonyl (C=O) groups is 1. The van der Waals surface area contributed by atoms with E-state index >= 15 is 0 Å². The summed E-state index contributed by atoms with van der Waals surface area (Å²) in [6, 6.07) is 18.3. The third-order valence-electron chi connectivity index (χ3n) is 4.65. The molecular weight excluding hydrogens is 516 g/mol. The highest BCUT2D eigenvalue weighted by Crippen LogP contribution is 2.24. The van der Waals surface area contributed by atoms with E-state index < -0.39 is 10.0 Å². The van der Waals surface area contributed by atoms with Crippen molar-refractivity contribution in [3.63, 3.8) is 0 Å². The van der Waals surface area contributed by atoms with Crippen LogP contribution in [0, 0.1) is 6.92 Å². The molecule has 0 aromatic heterocycles. The molecule has 0 aliphatic carbocycles. The quantitative estimate of drug-likeness (QED) is 0.399. The van der Waals surface area contributed by atoms with Crippen molar-refractivity contribution in [2.24, 2.45) is 0 Å². The summed E-state index contributed by atoms with van der Waals surface area (Å²) in [5, 5.41) is 3.34. The van der Waals surface area contributed by atoms with Crippen molar-refractivity contribution in [2.75, 3.05) is 11.3 Å². The molecule has 1 amide bonds. The van der Waals surface area contributed by atoms with Crippen molar-refractivity contribution >= 4 is 49.1 Å². The lowest BCUT2D eigenvalue weighted by Crippen LogP contribution is -2.31. The molecule has 0 fully saturated rings. The summed E-state index contributed by atoms with van der Waals surface area (Å²) in [5.41, 5.74) is 2.19. The van der Waals surface area contributed by atoms with Crippen LogP contribution in [0.5, 0.6) is 5.75 Å². The monoisotopic (exact) mass is 536 g/mol. The van der Waals surface area contributed by atoms with E-state index in [2.05, 4.69) is 26.0 Å². The van der Waals surface area contributed by atoms with Gasteiger partial charge in [0.25, 0.3) is 15.9 Å². The van der Waals surface area contributed by atoms with E-state index in [-0.39, 0.29) is 23.5 Å². The fraction of sp³-hybridized carbons (Fsp3) is 0.174. The molecule has 3 aromatic carbocycles. The van der Waals surface area contributed by atoms with Gasteiger partial charge in [0, 0.05) is 9.50 Å². The lowest BCUT2D eigenvalue weighted by molar-refractivity contribution is -0.123. The van der Waals surface area contributed by atoms with Crippen LogP contribution in [0.2, 0.25) is 5.02 Å². The molecule has 0 radical (unpaired) electrons. The highest BCUT2D eigenvalue weighted by atomic mass is 79.9. The Balaban J connectivity index is 1.56. The Hall–Kier alpha value is -2.55. The third-order valence-corrected chi connectivity index (χ3v) is 6.95. The van der Waals surface area contributed by atoms with Crippen LogP contribution in [0.3, 0.4) is 0 Å². The number of carbonyl (C=O) groups excluding carboxylic acids is 1. The van der Waals surface area contributed by atoms with Gasteiger partial charge in [-0.15, -0.1) is 0 Å². The number of amides is 1. The number of hydrogen-bond donors (Lipinski definition) is 2. The molecule has 0 heterocycles. The summed E-state index contributed by atoms with van der Waals surface area (Å²) in [4.78, 5) is 12.3. The molecular formula is C23H22BrClN2O4S. The van der Waals surface area contributed by atoms with Crippen LogP contribution in [0.15, 0.2) is 76.1 Å². The maximum Gasteiger partial charge on any atom is 0.261 e. The van der Waals surface area contributed by atoms with Crippen LogP contribution in [0.4, 0.5) is 5.69 Å². The fourth-order valence-corrected chi connectivity index (χ4v) is 4.52. The zero-order valence-electron chi connectivity index (χ0n) is 17.4. The minimum atomic E-state index is -3.79. The molecule has 0 unspecified atom stereocenters. The molecule has 0 aliphatic heterocycles. The Kier molecular flexibility index (Phi) is 7.82. The number of nitrogens with one attached hydrogen (secondary N) is 2. The zero-order valence-corrected chi connectivity index (χ0v) is 20.6. The largest absolute Gasteiger partial charge is 0.484 e. The molecule has 0 spiro atoms. The predicted molar refractivity (Wildman–Crippen MR) is 130 cm³/mol. The number of hydrogen-bond acceptors (Lipinski definition) is 4. The van der Waals surface area contributed by atoms with Crippen molar-refractivity contribution in [2.45, 2.75) is 24.8 Å². The molecule has 0 saturated carbocycles. The lowest BCUT2D eigenvalue weighted by atomic mass is 10.1. The van der Waals surface area contributed by atoms with Crippen molar-refractivity contribution in [1.82, 2.24) is 5.32 Å². The first-order valence-corrected chi connectivity index (χ1v) is 12.4. The van der Waals surface area contributed by atoms with E-state index in [4.69, 9.17) is 16.3 Å². The van der Waals surface area contributed by atoms with Crippen LogP contribution in [0.25, 0.3) is 0 Å². The van der Waals surface area contributed by atoms with Crippen LogP contribution < -0.4 is 14.8 Å². The summed E-state index contributed by atoms with van der Waals surface area (Å²) in [5.74, 6) is 0.0969. The van der Waals surface area contributed by atoms with Gasteiger partial charge in [0.2, 0.25) is 0 Å². The topological polar surface area (TPSA) is 84.5 Å². The summed E-state index contributed by atoms with van der Waals surface area (Å²) < 4.78 is 34.1. The van der Waals surface area contributed by atoms with Gasteiger partial charge >= 0.3 is 0 Å². The van der Waals surface area contributed by atoms with Gasteiger partial charge in [0.1, 0.15) is 5.75 Å². The number of ether oxygens (including phenoxy) is 1. The van der Waals surface area contributed by atoms with Gasteiger partial charge < -0.3 is 10.1 Å². The fourth-order valence-electron chi connectivity index (χ4n) is 2.88. The highest BCUT2D eigenvalue weighted by molar-refractivity contribution is 9.10. The Morgan fingerprint density at radius 1 is 1.09 bits per heavy atom. The molecule has 3 rings (SSSR count). The first-order valence-electron chi connectivity index (χ1n) is 9.71. The third kappa shape index (κ3) is 6.48. The second kappa shape index (κ2) is 10.4. The zero-order chi connectivity index (χ0) is 23.3. The van der Waals surface area contributed by atoms with Gasteiger partial charge in [0.05, 0.1) is 16.6 Å². The van der Waals surface area contributed by atoms with E-state index in [1.54, 1.807) is 18.2 Å². The summed E-state index contributed by atoms with van der Waals surface area (Å²) >= 11 is 9.47. The van der Waals surface area contributed by atoms with Gasteiger partial charge in [0.15, 0.2) is 6.61 Å². The number of anilines is 1. The summed E-state index contributed by atoms with van der Waals surface area (Å²) in [6.07, 6.45) is 0. The summed E-state index contributed by atoms with van der Waals surface area (Å²) in [6.45, 7) is 3.53. The maximum absolute atomic E-state index is 12.6. The van der Waals surface area contributed by atoms with E-state index in [9.17, 15) is 13.2 Å². The predicted octanol–water partition coefficient (Wildman–Crippen LogP) is 5.47. The molecule has 1 atom stereocenters. The second-order valence-electron chi connectivity index (χ2n) is 7.17. The van der Waals surface area contributed by atoms with Crippen molar-refractivity contribution in [1.29, 1.82) is 0 Å². The Morgan fingerprint density at radius 3 is 2.47 bits per heavy atom. The van der Waals surface area contributed by atoms with Crippen LogP contribution in [-0.2, 0) is 14.8 Å². The SMILES string of the molecule is Cc1ccc(NS(=O)(=O)c2ccc(OCC(=O)N[C@@H](C)c3cccc(Br)c3)cc2)cc1Cl. The van der Waals surface area contributed by atoms with Crippen molar-refractivity contribution < 1.29 is 17.9 Å². The molecule has 32 heavy (non-hydrogen) atoms. The number of benzene rings is 3. The molecule has 3 aromatic rings. The molecule has 0 bridgehead atoms. The van der Waals surface area contributed by atoms with Gasteiger partial charge in [-0.3, -0.25) is 9.52 Å². The van der Waals surface area contributed by atoms with Crippen molar-refractivity contribution in [3.05, 3.63) is 87.4 Å². The number of halogens is 2. The van der Waals surface area contributed by atoms with Crippen LogP contribution in [-0.4, -0.2) is 20.9 Å². The van der Waals surface area contributed by atoms with E-state index in [0.717, 1.165) is 15.6 Å². The van der Waals surface area contributed by atoms with Gasteiger partial charge in [-0.1, -0.05) is 45.7 Å². The lowest BCUT2D eigenvalue weighted by Gasteiger charge is -2.15. The highest BCUT2D eigenvalue weighted by Gasteiger charge is 2.15. The standard InChI is InChI=1S/C23H22BrClN2O4S/c1-15-6-7-19(13-22(15)25)27-32(29,30)21-10-8-20(9-11-21)31-14-23(28)26-16(2)17-4-3-5-18(24)12-17/h3-13,16,27H,14H2,1-2H3,(H,26,28)/t16-/m0/s1. The number of rotatable bonds is 8. The average Bonchev–Trinajstić information content (AvgIpc) is 2.75. The Bertz CT molecular complexity index is 1220. The van der Waals surface area contributed by atoms with Crippen LogP contribution in [0.1, 0.15) is 24.1 Å². The second-order valence-corrected chi connectivity index (χ2v) is 10.2. The normalized spacial score (nSPS) is 12.1. The average molecular weight is 538 g/mol. The number of sulfonamides is 1. The molecule has 168 valence electrons. The van der Waals surface area contributed by atoms with Gasteiger partial charge in [-0.2, -0.15) is 0 Å². The first-order chi connectivity index (χ1) is 15.1. The minimum absolute atomic E-state index is 0.0641. The Morgan fingerprint density at radius 2 is 1.81 bits per heavy atom. The van der Waals surface area contributed by atoms with Gasteiger partial charge in [-0.25, -0.2) is 8.42 Å². The number of aryl methyl sites for hydroxylation is 1. The molecule has 0 aliphatic rings. The summed E-state index contributed by atoms with van der Waals surface area (Å²) in [7, 11) is -3.79. The first kappa shape index (κ1) is 24.1. The molecule has 9 heteroatoms. The van der Waals surface area contributed by atoms with E-state index in [1.165, 1.54) is 24.3 Å². The van der Waals surface area contributed by atoms with Crippen molar-refractivity contribution in [3.8, 4) is 5.75 Å². The Labute approximate surface area is 201 Å². The molecule has 0 saturated heterocycles.